The summed E-state index contributed by atoms with van der Waals surface area (Å²) < 4.78 is 39.3. The second-order valence-electron chi connectivity index (χ2n) is 7.86. The highest BCUT2D eigenvalue weighted by atomic mass is 19.4. The van der Waals surface area contributed by atoms with Gasteiger partial charge in [-0.15, -0.1) is 0 Å². The van der Waals surface area contributed by atoms with Crippen molar-refractivity contribution < 1.29 is 22.8 Å². The number of hydrogen-bond acceptors (Lipinski definition) is 3. The molecule has 1 aliphatic carbocycles. The van der Waals surface area contributed by atoms with Gasteiger partial charge in [0.2, 0.25) is 11.8 Å². The van der Waals surface area contributed by atoms with Crippen LogP contribution in [-0.4, -0.2) is 35.8 Å². The van der Waals surface area contributed by atoms with Crippen molar-refractivity contribution >= 4 is 23.2 Å². The van der Waals surface area contributed by atoms with Crippen molar-refractivity contribution in [2.75, 3.05) is 23.7 Å². The number of nitrogens with zero attached hydrogens (tertiary/aromatic N) is 1. The standard InChI is InChI=1S/C23H26F3N3O2/c1-15-6-5-7-16(2)22(15)28-21(31)14-29(17-10-11-17)13-12-20(30)27-19-9-4-3-8-18(19)23(24,25)26/h3-9,17H,10-14H2,1-2H3,(H,27,30)(H,28,31). The van der Waals surface area contributed by atoms with Gasteiger partial charge in [-0.1, -0.05) is 30.3 Å². The van der Waals surface area contributed by atoms with Gasteiger partial charge < -0.3 is 10.6 Å². The van der Waals surface area contributed by atoms with E-state index in [2.05, 4.69) is 10.6 Å². The Hall–Kier alpha value is -2.87. The number of alkyl halides is 3. The molecule has 0 radical (unpaired) electrons. The highest BCUT2D eigenvalue weighted by molar-refractivity contribution is 5.94. The molecule has 2 amide bonds. The molecule has 0 saturated heterocycles. The molecule has 8 heteroatoms. The minimum Gasteiger partial charge on any atom is -0.325 e. The van der Waals surface area contributed by atoms with Crippen LogP contribution >= 0.6 is 0 Å². The first-order chi connectivity index (χ1) is 14.6. The van der Waals surface area contributed by atoms with Crippen LogP contribution in [0.25, 0.3) is 0 Å². The summed E-state index contributed by atoms with van der Waals surface area (Å²) in [5.74, 6) is -0.690. The molecular formula is C23H26F3N3O2. The number of rotatable bonds is 8. The smallest absolute Gasteiger partial charge is 0.325 e. The number of carbonyl (C=O) groups excluding carboxylic acids is 2. The maximum Gasteiger partial charge on any atom is 0.418 e. The number of anilines is 2. The second kappa shape index (κ2) is 9.51. The molecule has 0 aromatic heterocycles. The Morgan fingerprint density at radius 2 is 1.61 bits per heavy atom. The normalized spacial score (nSPS) is 13.9. The fourth-order valence-electron chi connectivity index (χ4n) is 3.50. The summed E-state index contributed by atoms with van der Waals surface area (Å²) in [4.78, 5) is 26.8. The molecule has 0 spiro atoms. The maximum atomic E-state index is 13.1. The van der Waals surface area contributed by atoms with Crippen LogP contribution in [0.1, 0.15) is 36.0 Å². The molecule has 0 aliphatic heterocycles. The Morgan fingerprint density at radius 1 is 0.968 bits per heavy atom. The minimum atomic E-state index is -4.55. The summed E-state index contributed by atoms with van der Waals surface area (Å²) >= 11 is 0. The first-order valence-electron chi connectivity index (χ1n) is 10.2. The Morgan fingerprint density at radius 3 is 2.23 bits per heavy atom. The lowest BCUT2D eigenvalue weighted by Gasteiger charge is -2.22. The highest BCUT2D eigenvalue weighted by Gasteiger charge is 2.34. The van der Waals surface area contributed by atoms with Crippen molar-refractivity contribution in [1.29, 1.82) is 0 Å². The van der Waals surface area contributed by atoms with Gasteiger partial charge in [0.1, 0.15) is 0 Å². The molecule has 0 unspecified atom stereocenters. The number of para-hydroxylation sites is 2. The summed E-state index contributed by atoms with van der Waals surface area (Å²) in [6.45, 7) is 4.27. The molecule has 0 heterocycles. The largest absolute Gasteiger partial charge is 0.418 e. The zero-order valence-electron chi connectivity index (χ0n) is 17.6. The number of nitrogens with one attached hydrogen (secondary N) is 2. The predicted octanol–water partition coefficient (Wildman–Crippen LogP) is 4.75. The van der Waals surface area contributed by atoms with E-state index in [1.165, 1.54) is 18.2 Å². The Bertz CT molecular complexity index is 935. The summed E-state index contributed by atoms with van der Waals surface area (Å²) in [6, 6.07) is 10.9. The summed E-state index contributed by atoms with van der Waals surface area (Å²) in [7, 11) is 0. The first kappa shape index (κ1) is 22.8. The third-order valence-electron chi connectivity index (χ3n) is 5.29. The van der Waals surface area contributed by atoms with Gasteiger partial charge in [-0.3, -0.25) is 14.5 Å². The SMILES string of the molecule is Cc1cccc(C)c1NC(=O)CN(CCC(=O)Nc1ccccc1C(F)(F)F)C1CC1. The number of benzene rings is 2. The summed E-state index contributed by atoms with van der Waals surface area (Å²) in [6.07, 6.45) is -2.67. The molecule has 166 valence electrons. The van der Waals surface area contributed by atoms with Gasteiger partial charge in [0.15, 0.2) is 0 Å². The van der Waals surface area contributed by atoms with Crippen LogP contribution in [0, 0.1) is 13.8 Å². The van der Waals surface area contributed by atoms with Crippen LogP contribution in [0.15, 0.2) is 42.5 Å². The van der Waals surface area contributed by atoms with Gasteiger partial charge in [0.05, 0.1) is 17.8 Å². The number of hydrogen-bond donors (Lipinski definition) is 2. The van der Waals surface area contributed by atoms with Crippen LogP contribution in [0.2, 0.25) is 0 Å². The average molecular weight is 433 g/mol. The van der Waals surface area contributed by atoms with Crippen molar-refractivity contribution in [3.05, 3.63) is 59.2 Å². The zero-order chi connectivity index (χ0) is 22.6. The number of halogens is 3. The van der Waals surface area contributed by atoms with Gasteiger partial charge in [-0.05, 0) is 49.9 Å². The third-order valence-corrected chi connectivity index (χ3v) is 5.29. The van der Waals surface area contributed by atoms with Crippen molar-refractivity contribution in [2.45, 2.75) is 45.3 Å². The van der Waals surface area contributed by atoms with Gasteiger partial charge in [-0.25, -0.2) is 0 Å². The van der Waals surface area contributed by atoms with Gasteiger partial charge in [-0.2, -0.15) is 13.2 Å². The Kier molecular flexibility index (Phi) is 7.00. The van der Waals surface area contributed by atoms with E-state index in [0.717, 1.165) is 35.7 Å². The quantitative estimate of drug-likeness (QED) is 0.631. The third kappa shape index (κ3) is 6.30. The lowest BCUT2D eigenvalue weighted by molar-refractivity contribution is -0.137. The fraction of sp³-hybridized carbons (Fsp3) is 0.391. The molecular weight excluding hydrogens is 407 g/mol. The second-order valence-corrected chi connectivity index (χ2v) is 7.86. The van der Waals surface area contributed by atoms with Crippen molar-refractivity contribution in [1.82, 2.24) is 4.90 Å². The molecule has 1 fully saturated rings. The van der Waals surface area contributed by atoms with Gasteiger partial charge >= 0.3 is 6.18 Å². The lowest BCUT2D eigenvalue weighted by Crippen LogP contribution is -2.37. The van der Waals surface area contributed by atoms with Gasteiger partial charge in [0, 0.05) is 24.7 Å². The monoisotopic (exact) mass is 433 g/mol. The van der Waals surface area contributed by atoms with Crippen LogP contribution in [0.4, 0.5) is 24.5 Å². The molecule has 2 N–H and O–H groups in total. The molecule has 5 nitrogen and oxygen atoms in total. The fourth-order valence-corrected chi connectivity index (χ4v) is 3.50. The molecule has 0 bridgehead atoms. The van der Waals surface area contributed by atoms with E-state index in [-0.39, 0.29) is 30.6 Å². The summed E-state index contributed by atoms with van der Waals surface area (Å²) in [5, 5.41) is 5.29. The number of amides is 2. The van der Waals surface area contributed by atoms with E-state index in [0.29, 0.717) is 6.54 Å². The predicted molar refractivity (Wildman–Crippen MR) is 114 cm³/mol. The van der Waals surface area contributed by atoms with E-state index in [4.69, 9.17) is 0 Å². The molecule has 2 aromatic rings. The Balaban J connectivity index is 1.57. The topological polar surface area (TPSA) is 61.4 Å². The van der Waals surface area contributed by atoms with Crippen molar-refractivity contribution in [2.24, 2.45) is 0 Å². The maximum absolute atomic E-state index is 13.1. The average Bonchev–Trinajstić information content (AvgIpc) is 3.53. The summed E-state index contributed by atoms with van der Waals surface area (Å²) in [5.41, 5.74) is 1.58. The van der Waals surface area contributed by atoms with E-state index in [1.807, 2.05) is 36.9 Å². The molecule has 3 rings (SSSR count). The molecule has 31 heavy (non-hydrogen) atoms. The van der Waals surface area contributed by atoms with E-state index in [9.17, 15) is 22.8 Å². The minimum absolute atomic E-state index is 0.000631. The van der Waals surface area contributed by atoms with E-state index >= 15 is 0 Å². The number of aryl methyl sites for hydroxylation is 2. The van der Waals surface area contributed by atoms with Crippen LogP contribution in [0.3, 0.4) is 0 Å². The molecule has 1 saturated carbocycles. The van der Waals surface area contributed by atoms with Crippen LogP contribution < -0.4 is 10.6 Å². The van der Waals surface area contributed by atoms with Crippen LogP contribution in [-0.2, 0) is 15.8 Å². The molecule has 1 aliphatic rings. The highest BCUT2D eigenvalue weighted by Crippen LogP contribution is 2.34. The zero-order valence-corrected chi connectivity index (χ0v) is 17.6. The van der Waals surface area contributed by atoms with E-state index < -0.39 is 17.6 Å². The Labute approximate surface area is 179 Å². The molecule has 2 aromatic carbocycles. The molecule has 0 atom stereocenters. The van der Waals surface area contributed by atoms with Crippen molar-refractivity contribution in [3.63, 3.8) is 0 Å². The number of carbonyl (C=O) groups is 2. The van der Waals surface area contributed by atoms with Crippen LogP contribution in [0.5, 0.6) is 0 Å². The lowest BCUT2D eigenvalue weighted by atomic mass is 10.1. The first-order valence-corrected chi connectivity index (χ1v) is 10.2. The van der Waals surface area contributed by atoms with Crippen molar-refractivity contribution in [3.8, 4) is 0 Å². The van der Waals surface area contributed by atoms with E-state index in [1.54, 1.807) is 0 Å². The van der Waals surface area contributed by atoms with Gasteiger partial charge in [0.25, 0.3) is 0 Å².